The zero-order valence-corrected chi connectivity index (χ0v) is 14.7. The lowest BCUT2D eigenvalue weighted by atomic mass is 9.94. The van der Waals surface area contributed by atoms with Crippen LogP contribution in [-0.4, -0.2) is 53.7 Å². The van der Waals surface area contributed by atoms with Crippen molar-refractivity contribution in [3.8, 4) is 0 Å². The molecule has 0 aliphatic carbocycles. The lowest BCUT2D eigenvalue weighted by Crippen LogP contribution is -2.54. The van der Waals surface area contributed by atoms with E-state index in [4.69, 9.17) is 0 Å². The second-order valence-electron chi connectivity index (χ2n) is 7.44. The van der Waals surface area contributed by atoms with Crippen LogP contribution in [0.15, 0.2) is 12.1 Å². The molecule has 0 aromatic carbocycles. The third-order valence-corrected chi connectivity index (χ3v) is 4.99. The van der Waals surface area contributed by atoms with E-state index in [1.807, 2.05) is 11.3 Å². The van der Waals surface area contributed by atoms with Crippen LogP contribution in [0.5, 0.6) is 0 Å². The Kier molecular flexibility index (Phi) is 5.83. The number of aliphatic hydroxyl groups excluding tert-OH is 1. The Labute approximate surface area is 133 Å². The summed E-state index contributed by atoms with van der Waals surface area (Å²) in [7, 11) is 0. The molecule has 3 nitrogen and oxygen atoms in total. The van der Waals surface area contributed by atoms with Crippen molar-refractivity contribution in [3.05, 3.63) is 21.9 Å². The Morgan fingerprint density at radius 2 is 2.05 bits per heavy atom. The van der Waals surface area contributed by atoms with Gasteiger partial charge in [-0.05, 0) is 30.9 Å². The summed E-state index contributed by atoms with van der Waals surface area (Å²) in [5.74, 6) is 0. The first kappa shape index (κ1) is 16.9. The molecule has 1 aliphatic rings. The van der Waals surface area contributed by atoms with Crippen LogP contribution in [0.3, 0.4) is 0 Å². The van der Waals surface area contributed by atoms with E-state index in [1.54, 1.807) is 0 Å². The van der Waals surface area contributed by atoms with E-state index in [-0.39, 0.29) is 6.61 Å². The molecule has 0 saturated carbocycles. The molecule has 21 heavy (non-hydrogen) atoms. The summed E-state index contributed by atoms with van der Waals surface area (Å²) >= 11 is 1.90. The number of thiophene rings is 1. The molecule has 1 unspecified atom stereocenters. The van der Waals surface area contributed by atoms with Crippen molar-refractivity contribution in [1.82, 2.24) is 9.80 Å². The van der Waals surface area contributed by atoms with Gasteiger partial charge in [0.1, 0.15) is 0 Å². The van der Waals surface area contributed by atoms with Gasteiger partial charge in [0.15, 0.2) is 0 Å². The van der Waals surface area contributed by atoms with Crippen LogP contribution in [0, 0.1) is 12.3 Å². The lowest BCUT2D eigenvalue weighted by molar-refractivity contribution is 0.0344. The van der Waals surface area contributed by atoms with E-state index < -0.39 is 0 Å². The van der Waals surface area contributed by atoms with Gasteiger partial charge in [-0.3, -0.25) is 9.80 Å². The summed E-state index contributed by atoms with van der Waals surface area (Å²) in [5, 5.41) is 9.37. The van der Waals surface area contributed by atoms with Gasteiger partial charge in [0, 0.05) is 55.1 Å². The van der Waals surface area contributed by atoms with Crippen LogP contribution >= 0.6 is 11.3 Å². The van der Waals surface area contributed by atoms with Gasteiger partial charge >= 0.3 is 0 Å². The first-order valence-corrected chi connectivity index (χ1v) is 8.81. The third kappa shape index (κ3) is 5.37. The van der Waals surface area contributed by atoms with Crippen molar-refractivity contribution >= 4 is 11.3 Å². The Morgan fingerprint density at radius 1 is 1.29 bits per heavy atom. The monoisotopic (exact) mass is 310 g/mol. The highest BCUT2D eigenvalue weighted by atomic mass is 32.1. The maximum absolute atomic E-state index is 9.37. The van der Waals surface area contributed by atoms with E-state index in [1.165, 1.54) is 9.75 Å². The maximum atomic E-state index is 9.37. The number of rotatable bonds is 5. The van der Waals surface area contributed by atoms with E-state index in [0.717, 1.165) is 39.1 Å². The number of aryl methyl sites for hydroxylation is 1. The Hall–Kier alpha value is -0.420. The van der Waals surface area contributed by atoms with Crippen LogP contribution < -0.4 is 0 Å². The molecule has 1 N–H and O–H groups in total. The summed E-state index contributed by atoms with van der Waals surface area (Å²) in [6.07, 6.45) is 0.885. The second-order valence-corrected chi connectivity index (χ2v) is 8.82. The van der Waals surface area contributed by atoms with E-state index in [9.17, 15) is 5.11 Å². The summed E-state index contributed by atoms with van der Waals surface area (Å²) in [6, 6.07) is 4.95. The van der Waals surface area contributed by atoms with Crippen LogP contribution in [0.4, 0.5) is 0 Å². The first-order chi connectivity index (χ1) is 9.87. The minimum Gasteiger partial charge on any atom is -0.396 e. The molecular weight excluding hydrogens is 280 g/mol. The van der Waals surface area contributed by atoms with Crippen molar-refractivity contribution < 1.29 is 5.11 Å². The van der Waals surface area contributed by atoms with E-state index in [0.29, 0.717) is 11.5 Å². The Balaban J connectivity index is 1.94. The molecule has 1 atom stereocenters. The molecule has 1 fully saturated rings. The molecule has 1 aliphatic heterocycles. The van der Waals surface area contributed by atoms with Gasteiger partial charge in [0.05, 0.1) is 0 Å². The summed E-state index contributed by atoms with van der Waals surface area (Å²) in [6.45, 7) is 14.8. The number of hydrogen-bond donors (Lipinski definition) is 1. The van der Waals surface area contributed by atoms with Crippen LogP contribution in [0.1, 0.15) is 36.9 Å². The fourth-order valence-corrected chi connectivity index (χ4v) is 4.06. The maximum Gasteiger partial charge on any atom is 0.0446 e. The van der Waals surface area contributed by atoms with Crippen LogP contribution in [-0.2, 0) is 6.54 Å². The Morgan fingerprint density at radius 3 is 2.62 bits per heavy atom. The van der Waals surface area contributed by atoms with Gasteiger partial charge in [-0.2, -0.15) is 0 Å². The van der Waals surface area contributed by atoms with Gasteiger partial charge in [-0.15, -0.1) is 11.3 Å². The molecule has 0 bridgehead atoms. The quantitative estimate of drug-likeness (QED) is 0.906. The van der Waals surface area contributed by atoms with Gasteiger partial charge in [0.25, 0.3) is 0 Å². The standard InChI is InChI=1S/C17H30N2OS/c1-14-5-6-16(21-14)12-18-8-9-19(13-17(2,3)4)15(11-18)7-10-20/h5-6,15,20H,7-13H2,1-4H3. The van der Waals surface area contributed by atoms with Crippen LogP contribution in [0.2, 0.25) is 0 Å². The number of nitrogens with zero attached hydrogens (tertiary/aromatic N) is 2. The summed E-state index contributed by atoms with van der Waals surface area (Å²) in [5.41, 5.74) is 0.320. The molecule has 2 rings (SSSR count). The smallest absolute Gasteiger partial charge is 0.0446 e. The normalized spacial score (nSPS) is 21.9. The average molecular weight is 311 g/mol. The van der Waals surface area contributed by atoms with Crippen molar-refractivity contribution in [2.75, 3.05) is 32.8 Å². The fraction of sp³-hybridized carbons (Fsp3) is 0.765. The minimum atomic E-state index is 0.289. The molecule has 1 saturated heterocycles. The predicted octanol–water partition coefficient (Wildman–Crippen LogP) is 2.97. The van der Waals surface area contributed by atoms with Crippen molar-refractivity contribution in [3.63, 3.8) is 0 Å². The largest absolute Gasteiger partial charge is 0.396 e. The van der Waals surface area contributed by atoms with Gasteiger partial charge in [-0.1, -0.05) is 20.8 Å². The van der Waals surface area contributed by atoms with Crippen molar-refractivity contribution in [2.24, 2.45) is 5.41 Å². The van der Waals surface area contributed by atoms with E-state index in [2.05, 4.69) is 49.6 Å². The fourth-order valence-electron chi connectivity index (χ4n) is 3.13. The highest BCUT2D eigenvalue weighted by Gasteiger charge is 2.29. The first-order valence-electron chi connectivity index (χ1n) is 8.00. The molecule has 0 radical (unpaired) electrons. The molecule has 2 heterocycles. The summed E-state index contributed by atoms with van der Waals surface area (Å²) < 4.78 is 0. The zero-order valence-electron chi connectivity index (χ0n) is 13.9. The lowest BCUT2D eigenvalue weighted by Gasteiger charge is -2.43. The average Bonchev–Trinajstić information content (AvgIpc) is 2.77. The molecule has 0 spiro atoms. The Bertz CT molecular complexity index is 438. The number of aliphatic hydroxyl groups is 1. The number of hydrogen-bond acceptors (Lipinski definition) is 4. The third-order valence-electron chi connectivity index (χ3n) is 4.00. The topological polar surface area (TPSA) is 26.7 Å². The molecule has 4 heteroatoms. The SMILES string of the molecule is Cc1ccc(CN2CCN(CC(C)(C)C)C(CCO)C2)s1. The van der Waals surface area contributed by atoms with E-state index >= 15 is 0 Å². The van der Waals surface area contributed by atoms with Crippen LogP contribution in [0.25, 0.3) is 0 Å². The molecule has 120 valence electrons. The van der Waals surface area contributed by atoms with Gasteiger partial charge in [-0.25, -0.2) is 0 Å². The molecular formula is C17H30N2OS. The molecule has 1 aromatic heterocycles. The molecule has 1 aromatic rings. The predicted molar refractivity (Wildman–Crippen MR) is 90.9 cm³/mol. The van der Waals surface area contributed by atoms with Crippen molar-refractivity contribution in [1.29, 1.82) is 0 Å². The number of piperazine rings is 1. The highest BCUT2D eigenvalue weighted by Crippen LogP contribution is 2.23. The summed E-state index contributed by atoms with van der Waals surface area (Å²) in [4.78, 5) is 7.97. The zero-order chi connectivity index (χ0) is 15.5. The highest BCUT2D eigenvalue weighted by molar-refractivity contribution is 7.11. The van der Waals surface area contributed by atoms with Gasteiger partial charge in [0.2, 0.25) is 0 Å². The van der Waals surface area contributed by atoms with Crippen molar-refractivity contribution in [2.45, 2.75) is 46.7 Å². The minimum absolute atomic E-state index is 0.289. The molecule has 0 amide bonds. The van der Waals surface area contributed by atoms with Gasteiger partial charge < -0.3 is 5.11 Å². The second kappa shape index (κ2) is 7.23.